The molecule has 0 aromatic heterocycles. The van der Waals surface area contributed by atoms with Gasteiger partial charge in [0.1, 0.15) is 0 Å². The molecular formula is C13H16N2O6. The number of methoxy groups -OCH3 is 1. The van der Waals surface area contributed by atoms with E-state index in [4.69, 9.17) is 9.84 Å². The Morgan fingerprint density at radius 3 is 2.52 bits per heavy atom. The van der Waals surface area contributed by atoms with Gasteiger partial charge in [0, 0.05) is 11.6 Å². The molecule has 0 unspecified atom stereocenters. The molecule has 0 aliphatic heterocycles. The lowest BCUT2D eigenvalue weighted by atomic mass is 10.00. The number of nitro benzene ring substituents is 1. The summed E-state index contributed by atoms with van der Waals surface area (Å²) in [5, 5.41) is 22.2. The first kappa shape index (κ1) is 16.4. The molecule has 2 N–H and O–H groups in total. The molecular weight excluding hydrogens is 280 g/mol. The first-order valence-corrected chi connectivity index (χ1v) is 6.03. The third kappa shape index (κ3) is 4.16. The average Bonchev–Trinajstić information content (AvgIpc) is 2.35. The van der Waals surface area contributed by atoms with Crippen LogP contribution < -0.4 is 10.1 Å². The Bertz CT molecular complexity index is 582. The second-order valence-electron chi connectivity index (χ2n) is 5.02. The minimum Gasteiger partial charge on any atom is -0.490 e. The molecule has 0 fully saturated rings. The van der Waals surface area contributed by atoms with Crippen molar-refractivity contribution in [3.8, 4) is 5.75 Å². The van der Waals surface area contributed by atoms with Crippen molar-refractivity contribution in [2.45, 2.75) is 25.8 Å². The highest BCUT2D eigenvalue weighted by atomic mass is 16.6. The van der Waals surface area contributed by atoms with Crippen molar-refractivity contribution in [2.75, 3.05) is 7.11 Å². The van der Waals surface area contributed by atoms with Crippen molar-refractivity contribution in [3.63, 3.8) is 0 Å². The van der Waals surface area contributed by atoms with Crippen LogP contribution in [0.25, 0.3) is 0 Å². The van der Waals surface area contributed by atoms with Gasteiger partial charge >= 0.3 is 11.7 Å². The number of hydrogen-bond acceptors (Lipinski definition) is 5. The van der Waals surface area contributed by atoms with E-state index in [-0.39, 0.29) is 23.4 Å². The molecule has 0 bridgehead atoms. The van der Waals surface area contributed by atoms with Gasteiger partial charge in [0.2, 0.25) is 5.75 Å². The van der Waals surface area contributed by atoms with E-state index in [1.54, 1.807) is 13.8 Å². The minimum atomic E-state index is -1.06. The minimum absolute atomic E-state index is 0.0230. The van der Waals surface area contributed by atoms with Crippen molar-refractivity contribution < 1.29 is 24.4 Å². The van der Waals surface area contributed by atoms with Crippen LogP contribution in [0.2, 0.25) is 0 Å². The zero-order valence-corrected chi connectivity index (χ0v) is 11.9. The van der Waals surface area contributed by atoms with Gasteiger partial charge in [-0.15, -0.1) is 0 Å². The van der Waals surface area contributed by atoms with Gasteiger partial charge < -0.3 is 15.2 Å². The summed E-state index contributed by atoms with van der Waals surface area (Å²) in [5.74, 6) is -1.86. The smallest absolute Gasteiger partial charge is 0.311 e. The lowest BCUT2D eigenvalue weighted by Gasteiger charge is -2.24. The van der Waals surface area contributed by atoms with Crippen LogP contribution in [0.1, 0.15) is 30.6 Å². The summed E-state index contributed by atoms with van der Waals surface area (Å²) in [5.41, 5.74) is -1.36. The molecule has 1 amide bonds. The summed E-state index contributed by atoms with van der Waals surface area (Å²) >= 11 is 0. The SMILES string of the molecule is COc1c(C(=O)NC(C)(C)CC(=O)O)cccc1[N+](=O)[O-]. The molecule has 0 heterocycles. The predicted octanol–water partition coefficient (Wildman–Crippen LogP) is 1.59. The van der Waals surface area contributed by atoms with Gasteiger partial charge in [0.05, 0.1) is 24.0 Å². The van der Waals surface area contributed by atoms with Gasteiger partial charge in [-0.3, -0.25) is 19.7 Å². The van der Waals surface area contributed by atoms with E-state index < -0.39 is 22.3 Å². The van der Waals surface area contributed by atoms with Crippen molar-refractivity contribution in [2.24, 2.45) is 0 Å². The Balaban J connectivity index is 3.11. The fourth-order valence-corrected chi connectivity index (χ4v) is 1.86. The highest BCUT2D eigenvalue weighted by Gasteiger charge is 2.28. The molecule has 114 valence electrons. The zero-order valence-electron chi connectivity index (χ0n) is 11.9. The highest BCUT2D eigenvalue weighted by Crippen LogP contribution is 2.30. The quantitative estimate of drug-likeness (QED) is 0.607. The van der Waals surface area contributed by atoms with E-state index in [0.717, 1.165) is 0 Å². The Hall–Kier alpha value is -2.64. The first-order chi connectivity index (χ1) is 9.68. The first-order valence-electron chi connectivity index (χ1n) is 6.03. The molecule has 0 saturated heterocycles. The molecule has 1 rings (SSSR count). The summed E-state index contributed by atoms with van der Waals surface area (Å²) in [6.45, 7) is 3.09. The van der Waals surface area contributed by atoms with E-state index in [1.807, 2.05) is 0 Å². The van der Waals surface area contributed by atoms with Gasteiger partial charge in [-0.2, -0.15) is 0 Å². The van der Waals surface area contributed by atoms with Crippen LogP contribution in [0, 0.1) is 10.1 Å². The second-order valence-corrected chi connectivity index (χ2v) is 5.02. The molecule has 0 radical (unpaired) electrons. The number of amides is 1. The molecule has 21 heavy (non-hydrogen) atoms. The van der Waals surface area contributed by atoms with Crippen molar-refractivity contribution in [1.82, 2.24) is 5.32 Å². The van der Waals surface area contributed by atoms with E-state index in [0.29, 0.717) is 0 Å². The van der Waals surface area contributed by atoms with Crippen LogP contribution in [0.4, 0.5) is 5.69 Å². The molecule has 1 aromatic carbocycles. The topological polar surface area (TPSA) is 119 Å². The number of carbonyl (C=O) groups excluding carboxylic acids is 1. The number of benzene rings is 1. The summed E-state index contributed by atoms with van der Waals surface area (Å²) < 4.78 is 4.94. The van der Waals surface area contributed by atoms with Gasteiger partial charge in [0.15, 0.2) is 0 Å². The van der Waals surface area contributed by atoms with Crippen LogP contribution in [0.5, 0.6) is 5.75 Å². The molecule has 0 aliphatic rings. The van der Waals surface area contributed by atoms with Crippen LogP contribution in [0.15, 0.2) is 18.2 Å². The van der Waals surface area contributed by atoms with E-state index >= 15 is 0 Å². The van der Waals surface area contributed by atoms with E-state index in [1.165, 1.54) is 25.3 Å². The number of hydrogen-bond donors (Lipinski definition) is 2. The number of nitrogens with one attached hydrogen (secondary N) is 1. The van der Waals surface area contributed by atoms with Gasteiger partial charge in [-0.25, -0.2) is 0 Å². The maximum absolute atomic E-state index is 12.2. The zero-order chi connectivity index (χ0) is 16.2. The fraction of sp³-hybridized carbons (Fsp3) is 0.385. The lowest BCUT2D eigenvalue weighted by Crippen LogP contribution is -2.45. The Morgan fingerprint density at radius 2 is 2.05 bits per heavy atom. The van der Waals surface area contributed by atoms with Crippen LogP contribution in [0.3, 0.4) is 0 Å². The molecule has 8 nitrogen and oxygen atoms in total. The van der Waals surface area contributed by atoms with Crippen LogP contribution in [-0.4, -0.2) is 34.6 Å². The number of nitrogens with zero attached hydrogens (tertiary/aromatic N) is 1. The fourth-order valence-electron chi connectivity index (χ4n) is 1.86. The number of ether oxygens (including phenoxy) is 1. The molecule has 1 aromatic rings. The summed E-state index contributed by atoms with van der Waals surface area (Å²) in [6.07, 6.45) is -0.282. The molecule has 0 atom stereocenters. The third-order valence-electron chi connectivity index (χ3n) is 2.68. The monoisotopic (exact) mass is 296 g/mol. The highest BCUT2D eigenvalue weighted by molar-refractivity contribution is 5.98. The van der Waals surface area contributed by atoms with E-state index in [9.17, 15) is 19.7 Å². The maximum atomic E-state index is 12.2. The van der Waals surface area contributed by atoms with Gasteiger partial charge in [-0.05, 0) is 19.9 Å². The van der Waals surface area contributed by atoms with Crippen LogP contribution in [-0.2, 0) is 4.79 Å². The van der Waals surface area contributed by atoms with Crippen LogP contribution >= 0.6 is 0 Å². The van der Waals surface area contributed by atoms with Crippen molar-refractivity contribution >= 4 is 17.6 Å². The third-order valence-corrected chi connectivity index (χ3v) is 2.68. The number of carbonyl (C=O) groups is 2. The number of nitro groups is 1. The lowest BCUT2D eigenvalue weighted by molar-refractivity contribution is -0.385. The Morgan fingerprint density at radius 1 is 1.43 bits per heavy atom. The Labute approximate surface area is 120 Å². The summed E-state index contributed by atoms with van der Waals surface area (Å²) in [6, 6.07) is 3.95. The van der Waals surface area contributed by atoms with E-state index in [2.05, 4.69) is 5.32 Å². The normalized spacial score (nSPS) is 10.8. The maximum Gasteiger partial charge on any atom is 0.311 e. The van der Waals surface area contributed by atoms with Crippen molar-refractivity contribution in [1.29, 1.82) is 0 Å². The number of aliphatic carboxylic acids is 1. The summed E-state index contributed by atoms with van der Waals surface area (Å²) in [7, 11) is 1.22. The molecule has 0 spiro atoms. The van der Waals surface area contributed by atoms with Crippen molar-refractivity contribution in [3.05, 3.63) is 33.9 Å². The number of carboxylic acid groups (broad SMARTS) is 1. The second kappa shape index (κ2) is 6.21. The average molecular weight is 296 g/mol. The predicted molar refractivity (Wildman–Crippen MR) is 73.4 cm³/mol. The van der Waals surface area contributed by atoms with Gasteiger partial charge in [-0.1, -0.05) is 6.07 Å². The number of rotatable bonds is 6. The molecule has 0 saturated carbocycles. The molecule has 8 heteroatoms. The largest absolute Gasteiger partial charge is 0.490 e. The molecule has 0 aliphatic carbocycles. The number of carboxylic acids is 1. The number of para-hydroxylation sites is 1. The standard InChI is InChI=1S/C13H16N2O6/c1-13(2,7-10(16)17)14-12(18)8-5-4-6-9(15(19)20)11(8)21-3/h4-6H,7H2,1-3H3,(H,14,18)(H,16,17). The summed E-state index contributed by atoms with van der Waals surface area (Å²) in [4.78, 5) is 33.2. The van der Waals surface area contributed by atoms with Gasteiger partial charge in [0.25, 0.3) is 5.91 Å². The Kier molecular flexibility index (Phi) is 4.85.